The van der Waals surface area contributed by atoms with Crippen LogP contribution in [0.3, 0.4) is 0 Å². The molecule has 0 N–H and O–H groups in total. The minimum atomic E-state index is -0.353. The minimum absolute atomic E-state index is 0.200. The van der Waals surface area contributed by atoms with E-state index in [1.807, 2.05) is 0 Å². The van der Waals surface area contributed by atoms with Crippen LogP contribution in [0, 0.1) is 5.82 Å². The van der Waals surface area contributed by atoms with Crippen LogP contribution in [0.5, 0.6) is 0 Å². The third-order valence-corrected chi connectivity index (χ3v) is 3.45. The van der Waals surface area contributed by atoms with Crippen LogP contribution >= 0.6 is 11.6 Å². The van der Waals surface area contributed by atoms with E-state index < -0.39 is 0 Å². The van der Waals surface area contributed by atoms with Crippen LogP contribution in [0.4, 0.5) is 10.1 Å². The number of anilines is 1. The van der Waals surface area contributed by atoms with Crippen molar-refractivity contribution in [3.05, 3.63) is 29.0 Å². The molecule has 0 bridgehead atoms. The monoisotopic (exact) mass is 242 g/mol. The van der Waals surface area contributed by atoms with Crippen LogP contribution in [0.25, 0.3) is 0 Å². The van der Waals surface area contributed by atoms with Gasteiger partial charge in [0.1, 0.15) is 5.82 Å². The Morgan fingerprint density at radius 2 is 2.19 bits per heavy atom. The van der Waals surface area contributed by atoms with Gasteiger partial charge in [0.15, 0.2) is 0 Å². The van der Waals surface area contributed by atoms with Crippen LogP contribution < -0.4 is 4.90 Å². The van der Waals surface area contributed by atoms with E-state index in [0.717, 1.165) is 25.2 Å². The third-order valence-electron chi connectivity index (χ3n) is 3.16. The van der Waals surface area contributed by atoms with Crippen molar-refractivity contribution < 1.29 is 4.39 Å². The maximum absolute atomic E-state index is 13.0. The van der Waals surface area contributed by atoms with Crippen molar-refractivity contribution >= 4 is 17.3 Å². The zero-order chi connectivity index (χ0) is 11.7. The summed E-state index contributed by atoms with van der Waals surface area (Å²) in [4.78, 5) is 4.47. The molecule has 1 saturated heterocycles. The van der Waals surface area contributed by atoms with Gasteiger partial charge in [-0.3, -0.25) is 0 Å². The summed E-state index contributed by atoms with van der Waals surface area (Å²) < 4.78 is 13.0. The number of likely N-dealkylation sites (N-methyl/N-ethyl adjacent to an activating group) is 1. The van der Waals surface area contributed by atoms with Crippen molar-refractivity contribution in [1.29, 1.82) is 0 Å². The first-order chi connectivity index (χ1) is 7.58. The van der Waals surface area contributed by atoms with Gasteiger partial charge in [-0.05, 0) is 38.7 Å². The lowest BCUT2D eigenvalue weighted by molar-refractivity contribution is 0.315. The van der Waals surface area contributed by atoms with Gasteiger partial charge in [0, 0.05) is 24.8 Å². The lowest BCUT2D eigenvalue weighted by Crippen LogP contribution is -2.31. The summed E-state index contributed by atoms with van der Waals surface area (Å²) >= 11 is 5.78. The lowest BCUT2D eigenvalue weighted by Gasteiger charge is -2.22. The molecule has 1 aliphatic rings. The third kappa shape index (κ3) is 2.30. The molecule has 1 fully saturated rings. The molecule has 1 aromatic carbocycles. The van der Waals surface area contributed by atoms with Gasteiger partial charge in [-0.2, -0.15) is 0 Å². The first-order valence-electron chi connectivity index (χ1n) is 5.44. The van der Waals surface area contributed by atoms with Gasteiger partial charge >= 0.3 is 0 Å². The van der Waals surface area contributed by atoms with Crippen LogP contribution in [0.2, 0.25) is 5.02 Å². The van der Waals surface area contributed by atoms with E-state index in [1.54, 1.807) is 12.1 Å². The summed E-state index contributed by atoms with van der Waals surface area (Å²) in [5.74, 6) is -0.353. The Balaban J connectivity index is 2.11. The second kappa shape index (κ2) is 4.60. The van der Waals surface area contributed by atoms with E-state index in [2.05, 4.69) is 23.9 Å². The van der Waals surface area contributed by atoms with E-state index in [4.69, 9.17) is 11.6 Å². The summed E-state index contributed by atoms with van der Waals surface area (Å²) in [6.45, 7) is 1.99. The molecule has 1 atom stereocenters. The zero-order valence-electron chi connectivity index (χ0n) is 9.58. The van der Waals surface area contributed by atoms with Gasteiger partial charge in [-0.15, -0.1) is 0 Å². The van der Waals surface area contributed by atoms with Gasteiger partial charge in [-0.25, -0.2) is 4.39 Å². The molecule has 1 aliphatic heterocycles. The molecule has 4 heteroatoms. The normalized spacial score (nSPS) is 20.8. The van der Waals surface area contributed by atoms with Crippen molar-refractivity contribution in [1.82, 2.24) is 4.90 Å². The first kappa shape index (κ1) is 11.7. The molecule has 1 aromatic rings. The Kier molecular flexibility index (Phi) is 3.36. The van der Waals surface area contributed by atoms with Gasteiger partial charge < -0.3 is 9.80 Å². The average molecular weight is 243 g/mol. The standard InChI is InChI=1S/C12H16ClFN2/c1-15(2)10-5-6-16(8-10)9-3-4-12(14)11(13)7-9/h3-4,7,10H,5-6,8H2,1-2H3. The van der Waals surface area contributed by atoms with E-state index >= 15 is 0 Å². The predicted molar refractivity (Wildman–Crippen MR) is 65.7 cm³/mol. The Morgan fingerprint density at radius 3 is 2.75 bits per heavy atom. The number of hydrogen-bond acceptors (Lipinski definition) is 2. The highest BCUT2D eigenvalue weighted by Crippen LogP contribution is 2.26. The van der Waals surface area contributed by atoms with Gasteiger partial charge in [0.05, 0.1) is 5.02 Å². The number of benzene rings is 1. The minimum Gasteiger partial charge on any atom is -0.370 e. The van der Waals surface area contributed by atoms with E-state index in [1.165, 1.54) is 6.07 Å². The van der Waals surface area contributed by atoms with Crippen LogP contribution in [-0.2, 0) is 0 Å². The molecule has 0 aliphatic carbocycles. The predicted octanol–water partition coefficient (Wildman–Crippen LogP) is 2.62. The Hall–Kier alpha value is -0.800. The highest BCUT2D eigenvalue weighted by molar-refractivity contribution is 6.31. The van der Waals surface area contributed by atoms with Crippen LogP contribution in [-0.4, -0.2) is 38.1 Å². The Bertz CT molecular complexity index is 381. The molecule has 0 spiro atoms. The molecule has 0 aromatic heterocycles. The lowest BCUT2D eigenvalue weighted by atomic mass is 10.2. The number of halogens is 2. The molecule has 0 saturated carbocycles. The maximum atomic E-state index is 13.0. The molecule has 2 nitrogen and oxygen atoms in total. The van der Waals surface area contributed by atoms with Crippen molar-refractivity contribution in [3.8, 4) is 0 Å². The topological polar surface area (TPSA) is 6.48 Å². The first-order valence-corrected chi connectivity index (χ1v) is 5.82. The molecule has 1 heterocycles. The van der Waals surface area contributed by atoms with Crippen molar-refractivity contribution in [2.45, 2.75) is 12.5 Å². The van der Waals surface area contributed by atoms with E-state index in [9.17, 15) is 4.39 Å². The highest BCUT2D eigenvalue weighted by atomic mass is 35.5. The van der Waals surface area contributed by atoms with E-state index in [0.29, 0.717) is 6.04 Å². The Labute approximate surface area is 101 Å². The number of rotatable bonds is 2. The van der Waals surface area contributed by atoms with Crippen molar-refractivity contribution in [2.24, 2.45) is 0 Å². The van der Waals surface area contributed by atoms with Gasteiger partial charge in [0.2, 0.25) is 0 Å². The highest BCUT2D eigenvalue weighted by Gasteiger charge is 2.24. The fourth-order valence-electron chi connectivity index (χ4n) is 2.08. The van der Waals surface area contributed by atoms with Crippen molar-refractivity contribution in [2.75, 3.05) is 32.1 Å². The largest absolute Gasteiger partial charge is 0.370 e. The number of hydrogen-bond donors (Lipinski definition) is 0. The molecule has 2 rings (SSSR count). The molecule has 16 heavy (non-hydrogen) atoms. The second-order valence-electron chi connectivity index (χ2n) is 4.45. The average Bonchev–Trinajstić information content (AvgIpc) is 2.71. The van der Waals surface area contributed by atoms with Gasteiger partial charge in [0.25, 0.3) is 0 Å². The van der Waals surface area contributed by atoms with Gasteiger partial charge in [-0.1, -0.05) is 11.6 Å². The molecular formula is C12H16ClFN2. The smallest absolute Gasteiger partial charge is 0.141 e. The molecule has 1 unspecified atom stereocenters. The second-order valence-corrected chi connectivity index (χ2v) is 4.86. The number of nitrogens with zero attached hydrogens (tertiary/aromatic N) is 2. The summed E-state index contributed by atoms with van der Waals surface area (Å²) in [7, 11) is 4.18. The fraction of sp³-hybridized carbons (Fsp3) is 0.500. The maximum Gasteiger partial charge on any atom is 0.141 e. The summed E-state index contributed by atoms with van der Waals surface area (Å²) in [6.07, 6.45) is 1.14. The fourth-order valence-corrected chi connectivity index (χ4v) is 2.25. The van der Waals surface area contributed by atoms with Crippen LogP contribution in [0.1, 0.15) is 6.42 Å². The summed E-state index contributed by atoms with van der Waals surface area (Å²) in [5, 5.41) is 0.200. The molecule has 88 valence electrons. The Morgan fingerprint density at radius 1 is 1.44 bits per heavy atom. The van der Waals surface area contributed by atoms with Crippen LogP contribution in [0.15, 0.2) is 18.2 Å². The van der Waals surface area contributed by atoms with Crippen molar-refractivity contribution in [3.63, 3.8) is 0 Å². The quantitative estimate of drug-likeness (QED) is 0.787. The summed E-state index contributed by atoms with van der Waals surface area (Å²) in [5.41, 5.74) is 1.01. The zero-order valence-corrected chi connectivity index (χ0v) is 10.3. The molecular weight excluding hydrogens is 227 g/mol. The molecule has 0 radical (unpaired) electrons. The molecule has 0 amide bonds. The van der Waals surface area contributed by atoms with E-state index in [-0.39, 0.29) is 10.8 Å². The SMILES string of the molecule is CN(C)C1CCN(c2ccc(F)c(Cl)c2)C1. The summed E-state index contributed by atoms with van der Waals surface area (Å²) in [6, 6.07) is 5.50.